The molecule has 0 bridgehead atoms. The monoisotopic (exact) mass is 345 g/mol. The number of hydrogen-bond acceptors (Lipinski definition) is 3. The molecule has 1 heterocycles. The van der Waals surface area contributed by atoms with Crippen molar-refractivity contribution in [3.63, 3.8) is 0 Å². The van der Waals surface area contributed by atoms with Crippen LogP contribution in [-0.4, -0.2) is 23.2 Å². The molecule has 21 heavy (non-hydrogen) atoms. The highest BCUT2D eigenvalue weighted by atomic mass is 79.9. The first-order valence-electron chi connectivity index (χ1n) is 6.29. The molecule has 0 saturated heterocycles. The lowest BCUT2D eigenvalue weighted by atomic mass is 9.97. The van der Waals surface area contributed by atoms with Gasteiger partial charge in [0.15, 0.2) is 0 Å². The lowest BCUT2D eigenvalue weighted by molar-refractivity contribution is 0.0598. The Morgan fingerprint density at radius 1 is 1.29 bits per heavy atom. The minimum atomic E-state index is -0.567. The van der Waals surface area contributed by atoms with Crippen LogP contribution in [0.5, 0.6) is 5.75 Å². The molecule has 0 unspecified atom stereocenters. The van der Waals surface area contributed by atoms with Crippen LogP contribution in [0.2, 0.25) is 0 Å². The topological polar surface area (TPSA) is 62.3 Å². The van der Waals surface area contributed by atoms with E-state index in [2.05, 4.69) is 20.9 Å². The second-order valence-electron chi connectivity index (χ2n) is 4.59. The normalized spacial score (nSPS) is 10.8. The first kappa shape index (κ1) is 13.7. The number of phenols is 1. The minimum absolute atomic E-state index is 0.0841. The van der Waals surface area contributed by atoms with E-state index in [0.717, 1.165) is 20.9 Å². The Bertz CT molecular complexity index is 825. The molecular formula is C16H12BrNO3. The van der Waals surface area contributed by atoms with Gasteiger partial charge in [0.05, 0.1) is 7.11 Å². The molecule has 2 N–H and O–H groups in total. The van der Waals surface area contributed by atoms with E-state index in [1.807, 2.05) is 30.3 Å². The van der Waals surface area contributed by atoms with E-state index < -0.39 is 5.97 Å². The van der Waals surface area contributed by atoms with Crippen molar-refractivity contribution in [2.45, 2.75) is 0 Å². The maximum absolute atomic E-state index is 11.9. The van der Waals surface area contributed by atoms with Crippen molar-refractivity contribution in [3.8, 4) is 17.0 Å². The van der Waals surface area contributed by atoms with Gasteiger partial charge in [-0.1, -0.05) is 22.0 Å². The van der Waals surface area contributed by atoms with Gasteiger partial charge in [-0.05, 0) is 41.1 Å². The first-order valence-corrected chi connectivity index (χ1v) is 7.08. The van der Waals surface area contributed by atoms with Crippen LogP contribution in [0, 0.1) is 0 Å². The molecule has 0 radical (unpaired) electrons. The number of carbonyl (C=O) groups is 1. The van der Waals surface area contributed by atoms with Crippen LogP contribution < -0.4 is 0 Å². The standard InChI is InChI=1S/C16H12BrNO3/c1-21-16(20)12-8-9-7-10(17)4-5-11(9)14(15(12)19)13-3-2-6-18-13/h2-8,18-19H,1H3. The number of aromatic hydroxyl groups is 1. The molecule has 0 saturated carbocycles. The average Bonchev–Trinajstić information content (AvgIpc) is 3.00. The van der Waals surface area contributed by atoms with Gasteiger partial charge in [0.25, 0.3) is 0 Å². The van der Waals surface area contributed by atoms with Gasteiger partial charge in [0.2, 0.25) is 0 Å². The van der Waals surface area contributed by atoms with Crippen molar-refractivity contribution in [1.29, 1.82) is 0 Å². The summed E-state index contributed by atoms with van der Waals surface area (Å²) in [6.07, 6.45) is 1.77. The van der Waals surface area contributed by atoms with E-state index in [1.54, 1.807) is 12.3 Å². The molecule has 1 aromatic heterocycles. The van der Waals surface area contributed by atoms with Gasteiger partial charge >= 0.3 is 5.97 Å². The number of carbonyl (C=O) groups excluding carboxylic acids is 1. The molecule has 0 aliphatic heterocycles. The number of halogens is 1. The molecular weight excluding hydrogens is 334 g/mol. The third kappa shape index (κ3) is 2.29. The van der Waals surface area contributed by atoms with Gasteiger partial charge < -0.3 is 14.8 Å². The summed E-state index contributed by atoms with van der Waals surface area (Å²) in [6.45, 7) is 0. The Balaban J connectivity index is 2.42. The molecule has 0 atom stereocenters. The van der Waals surface area contributed by atoms with E-state index in [1.165, 1.54) is 7.11 Å². The molecule has 0 aliphatic carbocycles. The fourth-order valence-corrected chi connectivity index (χ4v) is 2.77. The van der Waals surface area contributed by atoms with E-state index in [4.69, 9.17) is 4.74 Å². The van der Waals surface area contributed by atoms with Gasteiger partial charge in [-0.15, -0.1) is 0 Å². The Morgan fingerprint density at radius 2 is 2.10 bits per heavy atom. The highest BCUT2D eigenvalue weighted by Crippen LogP contribution is 2.39. The van der Waals surface area contributed by atoms with Crippen LogP contribution in [0.3, 0.4) is 0 Å². The zero-order chi connectivity index (χ0) is 15.0. The maximum atomic E-state index is 11.9. The molecule has 0 fully saturated rings. The second kappa shape index (κ2) is 5.26. The number of aromatic amines is 1. The maximum Gasteiger partial charge on any atom is 0.341 e. The van der Waals surface area contributed by atoms with Gasteiger partial charge in [-0.3, -0.25) is 0 Å². The second-order valence-corrected chi connectivity index (χ2v) is 5.50. The fraction of sp³-hybridized carbons (Fsp3) is 0.0625. The summed E-state index contributed by atoms with van der Waals surface area (Å²) in [6, 6.07) is 11.0. The van der Waals surface area contributed by atoms with Crippen molar-refractivity contribution in [2.24, 2.45) is 0 Å². The molecule has 3 rings (SSSR count). The van der Waals surface area contributed by atoms with Crippen molar-refractivity contribution in [1.82, 2.24) is 4.98 Å². The average molecular weight is 346 g/mol. The first-order chi connectivity index (χ1) is 10.1. The number of ether oxygens (including phenoxy) is 1. The number of aromatic nitrogens is 1. The zero-order valence-corrected chi connectivity index (χ0v) is 12.8. The lowest BCUT2D eigenvalue weighted by Gasteiger charge is -2.12. The summed E-state index contributed by atoms with van der Waals surface area (Å²) in [5, 5.41) is 12.2. The summed E-state index contributed by atoms with van der Waals surface area (Å²) in [5.74, 6) is -0.652. The van der Waals surface area contributed by atoms with Gasteiger partial charge in [0.1, 0.15) is 11.3 Å². The van der Waals surface area contributed by atoms with Crippen LogP contribution in [0.1, 0.15) is 10.4 Å². The number of methoxy groups -OCH3 is 1. The van der Waals surface area contributed by atoms with Crippen molar-refractivity contribution in [3.05, 3.63) is 52.6 Å². The van der Waals surface area contributed by atoms with Crippen molar-refractivity contribution >= 4 is 32.7 Å². The van der Waals surface area contributed by atoms with Gasteiger partial charge in [-0.25, -0.2) is 4.79 Å². The van der Waals surface area contributed by atoms with Gasteiger partial charge in [-0.2, -0.15) is 0 Å². The lowest BCUT2D eigenvalue weighted by Crippen LogP contribution is -2.02. The van der Waals surface area contributed by atoms with E-state index >= 15 is 0 Å². The third-order valence-corrected chi connectivity index (χ3v) is 3.84. The summed E-state index contributed by atoms with van der Waals surface area (Å²) >= 11 is 3.42. The number of benzene rings is 2. The summed E-state index contributed by atoms with van der Waals surface area (Å²) < 4.78 is 5.64. The van der Waals surface area contributed by atoms with Crippen molar-refractivity contribution < 1.29 is 14.6 Å². The largest absolute Gasteiger partial charge is 0.506 e. The Labute approximate surface area is 129 Å². The van der Waals surface area contributed by atoms with E-state index in [-0.39, 0.29) is 11.3 Å². The Kier molecular flexibility index (Phi) is 3.43. The van der Waals surface area contributed by atoms with Crippen LogP contribution in [0.15, 0.2) is 47.1 Å². The van der Waals surface area contributed by atoms with Gasteiger partial charge in [0, 0.05) is 21.9 Å². The van der Waals surface area contributed by atoms with Crippen LogP contribution in [-0.2, 0) is 4.74 Å². The van der Waals surface area contributed by atoms with Crippen molar-refractivity contribution in [2.75, 3.05) is 7.11 Å². The zero-order valence-electron chi connectivity index (χ0n) is 11.2. The number of fused-ring (bicyclic) bond motifs is 1. The summed E-state index contributed by atoms with van der Waals surface area (Å²) in [4.78, 5) is 14.9. The predicted molar refractivity (Wildman–Crippen MR) is 84.4 cm³/mol. The Hall–Kier alpha value is -2.27. The number of H-pyrrole nitrogens is 1. The molecule has 106 valence electrons. The van der Waals surface area contributed by atoms with E-state index in [9.17, 15) is 9.90 Å². The molecule has 5 heteroatoms. The fourth-order valence-electron chi connectivity index (χ4n) is 2.39. The number of phenolic OH excluding ortho intramolecular Hbond substituents is 1. The van der Waals surface area contributed by atoms with Crippen LogP contribution in [0.4, 0.5) is 0 Å². The number of nitrogens with one attached hydrogen (secondary N) is 1. The highest BCUT2D eigenvalue weighted by Gasteiger charge is 2.20. The SMILES string of the molecule is COC(=O)c1cc2cc(Br)ccc2c(-c2ccc[nH]2)c1O. The van der Waals surface area contributed by atoms with Crippen LogP contribution in [0.25, 0.3) is 22.0 Å². The Morgan fingerprint density at radius 3 is 2.76 bits per heavy atom. The third-order valence-electron chi connectivity index (χ3n) is 3.35. The molecule has 0 spiro atoms. The highest BCUT2D eigenvalue weighted by molar-refractivity contribution is 9.10. The number of rotatable bonds is 2. The minimum Gasteiger partial charge on any atom is -0.506 e. The van der Waals surface area contributed by atoms with Crippen LogP contribution >= 0.6 is 15.9 Å². The predicted octanol–water partition coefficient (Wildman–Crippen LogP) is 4.09. The number of hydrogen-bond donors (Lipinski definition) is 2. The molecule has 0 aliphatic rings. The molecule has 2 aromatic carbocycles. The van der Waals surface area contributed by atoms with E-state index in [0.29, 0.717) is 5.56 Å². The smallest absolute Gasteiger partial charge is 0.341 e. The number of esters is 1. The summed E-state index contributed by atoms with van der Waals surface area (Å²) in [5.41, 5.74) is 1.48. The molecule has 4 nitrogen and oxygen atoms in total. The molecule has 3 aromatic rings. The molecule has 0 amide bonds. The quantitative estimate of drug-likeness (QED) is 0.687. The summed E-state index contributed by atoms with van der Waals surface area (Å²) in [7, 11) is 1.29.